The number of hydrogen-bond donors (Lipinski definition) is 1. The summed E-state index contributed by atoms with van der Waals surface area (Å²) in [5.74, 6) is 1.51. The van der Waals surface area contributed by atoms with Crippen LogP contribution < -0.4 is 5.73 Å². The highest BCUT2D eigenvalue weighted by Crippen LogP contribution is 2.28. The molecule has 1 saturated heterocycles. The Morgan fingerprint density at radius 3 is 2.60 bits per heavy atom. The van der Waals surface area contributed by atoms with Crippen molar-refractivity contribution < 1.29 is 8.42 Å². The molecule has 0 aromatic heterocycles. The van der Waals surface area contributed by atoms with Gasteiger partial charge in [0, 0.05) is 0 Å². The number of nitrogens with two attached hydrogens (primary N) is 1. The third-order valence-corrected chi connectivity index (χ3v) is 5.21. The van der Waals surface area contributed by atoms with Crippen LogP contribution in [0.1, 0.15) is 39.0 Å². The lowest BCUT2D eigenvalue weighted by Crippen LogP contribution is -2.24. The van der Waals surface area contributed by atoms with Gasteiger partial charge in [-0.25, -0.2) is 8.42 Å². The summed E-state index contributed by atoms with van der Waals surface area (Å²) in [5.41, 5.74) is 5.73. The topological polar surface area (TPSA) is 60.2 Å². The van der Waals surface area contributed by atoms with E-state index in [1.807, 2.05) is 0 Å². The first-order chi connectivity index (χ1) is 7.09. The van der Waals surface area contributed by atoms with Gasteiger partial charge in [0.1, 0.15) is 0 Å². The van der Waals surface area contributed by atoms with Crippen molar-refractivity contribution in [2.45, 2.75) is 39.0 Å². The van der Waals surface area contributed by atoms with Crippen molar-refractivity contribution in [3.63, 3.8) is 0 Å². The molecule has 90 valence electrons. The van der Waals surface area contributed by atoms with E-state index in [1.54, 1.807) is 0 Å². The van der Waals surface area contributed by atoms with Crippen molar-refractivity contribution in [2.75, 3.05) is 18.1 Å². The summed E-state index contributed by atoms with van der Waals surface area (Å²) >= 11 is 0. The van der Waals surface area contributed by atoms with Crippen LogP contribution in [0.4, 0.5) is 0 Å². The minimum absolute atomic E-state index is 0.330. The van der Waals surface area contributed by atoms with Gasteiger partial charge in [-0.1, -0.05) is 26.2 Å². The molecular formula is C11H23NO2S. The summed E-state index contributed by atoms with van der Waals surface area (Å²) < 4.78 is 22.7. The van der Waals surface area contributed by atoms with E-state index < -0.39 is 9.84 Å². The molecule has 1 aliphatic heterocycles. The van der Waals surface area contributed by atoms with Crippen LogP contribution in [0.15, 0.2) is 0 Å². The molecule has 0 aromatic rings. The van der Waals surface area contributed by atoms with Crippen molar-refractivity contribution in [1.29, 1.82) is 0 Å². The van der Waals surface area contributed by atoms with Crippen LogP contribution in [0.5, 0.6) is 0 Å². The Kier molecular flexibility index (Phi) is 5.06. The molecule has 1 fully saturated rings. The first kappa shape index (κ1) is 13.0. The van der Waals surface area contributed by atoms with Crippen LogP contribution in [0.3, 0.4) is 0 Å². The lowest BCUT2D eigenvalue weighted by molar-refractivity contribution is 0.339. The molecular weight excluding hydrogens is 210 g/mol. The van der Waals surface area contributed by atoms with Gasteiger partial charge in [-0.05, 0) is 31.2 Å². The second-order valence-corrected chi connectivity index (χ2v) is 6.88. The summed E-state index contributed by atoms with van der Waals surface area (Å²) in [7, 11) is -2.74. The number of hydrogen-bond acceptors (Lipinski definition) is 3. The fourth-order valence-electron chi connectivity index (χ4n) is 2.40. The number of sulfone groups is 1. The van der Waals surface area contributed by atoms with Crippen LogP contribution in [-0.2, 0) is 9.84 Å². The van der Waals surface area contributed by atoms with E-state index in [1.165, 1.54) is 19.3 Å². The predicted octanol–water partition coefficient (Wildman–Crippen LogP) is 1.58. The summed E-state index contributed by atoms with van der Waals surface area (Å²) in [6.07, 6.45) is 5.56. The third-order valence-electron chi connectivity index (χ3n) is 3.42. The lowest BCUT2D eigenvalue weighted by Gasteiger charge is -2.20. The quantitative estimate of drug-likeness (QED) is 0.709. The monoisotopic (exact) mass is 233 g/mol. The zero-order valence-corrected chi connectivity index (χ0v) is 10.4. The molecule has 1 aliphatic rings. The maximum Gasteiger partial charge on any atom is 0.150 e. The Bertz CT molecular complexity index is 274. The summed E-state index contributed by atoms with van der Waals surface area (Å²) in [6, 6.07) is 0. The van der Waals surface area contributed by atoms with Crippen LogP contribution in [0.2, 0.25) is 0 Å². The highest BCUT2D eigenvalue weighted by molar-refractivity contribution is 7.91. The molecule has 2 atom stereocenters. The van der Waals surface area contributed by atoms with Gasteiger partial charge in [0.25, 0.3) is 0 Å². The molecule has 2 unspecified atom stereocenters. The number of rotatable bonds is 6. The van der Waals surface area contributed by atoms with E-state index in [0.717, 1.165) is 12.8 Å². The van der Waals surface area contributed by atoms with Crippen molar-refractivity contribution in [1.82, 2.24) is 0 Å². The Balaban J connectivity index is 2.39. The third kappa shape index (κ3) is 4.11. The molecule has 1 rings (SSSR count). The van der Waals surface area contributed by atoms with E-state index in [9.17, 15) is 8.42 Å². The van der Waals surface area contributed by atoms with E-state index in [-0.39, 0.29) is 0 Å². The molecule has 0 aliphatic carbocycles. The van der Waals surface area contributed by atoms with E-state index in [4.69, 9.17) is 5.73 Å². The fourth-order valence-corrected chi connectivity index (χ4v) is 4.32. The molecule has 0 radical (unpaired) electrons. The molecule has 3 nitrogen and oxygen atoms in total. The van der Waals surface area contributed by atoms with Gasteiger partial charge >= 0.3 is 0 Å². The van der Waals surface area contributed by atoms with Crippen LogP contribution >= 0.6 is 0 Å². The Morgan fingerprint density at radius 2 is 2.13 bits per heavy atom. The van der Waals surface area contributed by atoms with Gasteiger partial charge in [0.05, 0.1) is 11.5 Å². The number of unbranched alkanes of at least 4 members (excludes halogenated alkanes) is 2. The summed E-state index contributed by atoms with van der Waals surface area (Å²) in [6.45, 7) is 2.82. The molecule has 0 amide bonds. The largest absolute Gasteiger partial charge is 0.330 e. The first-order valence-corrected chi connectivity index (χ1v) is 7.81. The van der Waals surface area contributed by atoms with Crippen LogP contribution in [0.25, 0.3) is 0 Å². The normalized spacial score (nSPS) is 26.7. The van der Waals surface area contributed by atoms with Gasteiger partial charge in [0.2, 0.25) is 0 Å². The average molecular weight is 233 g/mol. The molecule has 15 heavy (non-hydrogen) atoms. The smallest absolute Gasteiger partial charge is 0.150 e. The van der Waals surface area contributed by atoms with Gasteiger partial charge in [-0.2, -0.15) is 0 Å². The summed E-state index contributed by atoms with van der Waals surface area (Å²) in [4.78, 5) is 0. The van der Waals surface area contributed by atoms with Crippen LogP contribution in [-0.4, -0.2) is 26.5 Å². The van der Waals surface area contributed by atoms with Crippen molar-refractivity contribution in [2.24, 2.45) is 17.6 Å². The second-order valence-electron chi connectivity index (χ2n) is 4.65. The Labute approximate surface area is 93.3 Å². The summed E-state index contributed by atoms with van der Waals surface area (Å²) in [5, 5.41) is 0. The van der Waals surface area contributed by atoms with Crippen molar-refractivity contribution >= 4 is 9.84 Å². The van der Waals surface area contributed by atoms with Crippen LogP contribution in [0, 0.1) is 11.8 Å². The van der Waals surface area contributed by atoms with Gasteiger partial charge < -0.3 is 5.73 Å². The minimum atomic E-state index is -2.74. The molecule has 2 N–H and O–H groups in total. The lowest BCUT2D eigenvalue weighted by atomic mass is 9.87. The molecule has 0 saturated carbocycles. The minimum Gasteiger partial charge on any atom is -0.330 e. The predicted molar refractivity (Wildman–Crippen MR) is 63.4 cm³/mol. The molecule has 0 spiro atoms. The van der Waals surface area contributed by atoms with Gasteiger partial charge in [0.15, 0.2) is 9.84 Å². The molecule has 4 heteroatoms. The van der Waals surface area contributed by atoms with Gasteiger partial charge in [-0.15, -0.1) is 0 Å². The fraction of sp³-hybridized carbons (Fsp3) is 1.00. The first-order valence-electron chi connectivity index (χ1n) is 5.99. The average Bonchev–Trinajstić information content (AvgIpc) is 2.54. The zero-order chi connectivity index (χ0) is 11.3. The Hall–Kier alpha value is -0.0900. The zero-order valence-electron chi connectivity index (χ0n) is 9.61. The maximum atomic E-state index is 11.4. The van der Waals surface area contributed by atoms with Gasteiger partial charge in [-0.3, -0.25) is 0 Å². The standard InChI is InChI=1S/C11H23NO2S/c1-2-3-4-5-10(8-12)11-6-7-15(13,14)9-11/h10-11H,2-9,12H2,1H3. The Morgan fingerprint density at radius 1 is 1.40 bits per heavy atom. The second kappa shape index (κ2) is 5.85. The SMILES string of the molecule is CCCCCC(CN)C1CCS(=O)(=O)C1. The van der Waals surface area contributed by atoms with E-state index in [0.29, 0.717) is 29.9 Å². The van der Waals surface area contributed by atoms with Crippen molar-refractivity contribution in [3.8, 4) is 0 Å². The van der Waals surface area contributed by atoms with E-state index in [2.05, 4.69) is 6.92 Å². The maximum absolute atomic E-state index is 11.4. The molecule has 0 bridgehead atoms. The van der Waals surface area contributed by atoms with Crippen molar-refractivity contribution in [3.05, 3.63) is 0 Å². The van der Waals surface area contributed by atoms with E-state index >= 15 is 0 Å². The molecule has 1 heterocycles. The highest BCUT2D eigenvalue weighted by atomic mass is 32.2. The molecule has 0 aromatic carbocycles. The highest BCUT2D eigenvalue weighted by Gasteiger charge is 2.32.